The smallest absolute Gasteiger partial charge is 0.0833 e. The molecule has 0 bridgehead atoms. The Labute approximate surface area is 98.9 Å². The minimum atomic E-state index is 0.606. The van der Waals surface area contributed by atoms with E-state index in [9.17, 15) is 0 Å². The van der Waals surface area contributed by atoms with Crippen LogP contribution in [0, 0.1) is 0 Å². The summed E-state index contributed by atoms with van der Waals surface area (Å²) in [5.74, 6) is 0. The first kappa shape index (κ1) is 10.1. The lowest BCUT2D eigenvalue weighted by Gasteiger charge is -2.24. The second-order valence-electron chi connectivity index (χ2n) is 4.17. The van der Waals surface area contributed by atoms with Crippen molar-refractivity contribution in [1.82, 2.24) is 10.3 Å². The molecule has 3 nitrogen and oxygen atoms in total. The summed E-state index contributed by atoms with van der Waals surface area (Å²) in [6, 6.07) is 6.90. The maximum atomic E-state index is 4.34. The van der Waals surface area contributed by atoms with Crippen LogP contribution in [0.5, 0.6) is 0 Å². The first-order chi connectivity index (χ1) is 7.93. The lowest BCUT2D eigenvalue weighted by Crippen LogP contribution is -2.35. The Balaban J connectivity index is 1.85. The van der Waals surface area contributed by atoms with Gasteiger partial charge in [-0.05, 0) is 38.1 Å². The first-order valence-corrected chi connectivity index (χ1v) is 6.61. The molecule has 1 saturated heterocycles. The highest BCUT2D eigenvalue weighted by Gasteiger charge is 2.13. The molecule has 2 heterocycles. The van der Waals surface area contributed by atoms with Gasteiger partial charge in [0.2, 0.25) is 0 Å². The van der Waals surface area contributed by atoms with E-state index in [0.717, 1.165) is 18.6 Å². The Kier molecular flexibility index (Phi) is 2.76. The number of thiazole rings is 1. The van der Waals surface area contributed by atoms with Gasteiger partial charge in [0, 0.05) is 6.04 Å². The molecule has 1 aromatic heterocycles. The fourth-order valence-corrected chi connectivity index (χ4v) is 2.95. The number of anilines is 1. The lowest BCUT2D eigenvalue weighted by molar-refractivity contribution is 0.479. The van der Waals surface area contributed by atoms with Crippen LogP contribution in [-0.4, -0.2) is 24.1 Å². The Morgan fingerprint density at radius 2 is 2.19 bits per heavy atom. The van der Waals surface area contributed by atoms with Crippen LogP contribution in [-0.2, 0) is 0 Å². The molecule has 0 unspecified atom stereocenters. The van der Waals surface area contributed by atoms with Crippen LogP contribution in [0.1, 0.15) is 12.8 Å². The third-order valence-electron chi connectivity index (χ3n) is 3.06. The van der Waals surface area contributed by atoms with Gasteiger partial charge in [-0.15, -0.1) is 11.3 Å². The van der Waals surface area contributed by atoms with Crippen LogP contribution >= 0.6 is 11.3 Å². The molecule has 3 rings (SSSR count). The molecule has 2 aromatic rings. The topological polar surface area (TPSA) is 37.0 Å². The van der Waals surface area contributed by atoms with Crippen molar-refractivity contribution in [2.75, 3.05) is 18.4 Å². The van der Waals surface area contributed by atoms with E-state index < -0.39 is 0 Å². The van der Waals surface area contributed by atoms with E-state index in [-0.39, 0.29) is 0 Å². The molecule has 1 fully saturated rings. The zero-order valence-electron chi connectivity index (χ0n) is 9.07. The van der Waals surface area contributed by atoms with Crippen LogP contribution in [0.3, 0.4) is 0 Å². The summed E-state index contributed by atoms with van der Waals surface area (Å²) < 4.78 is 1.28. The fraction of sp³-hybridized carbons (Fsp3) is 0.417. The van der Waals surface area contributed by atoms with E-state index in [1.54, 1.807) is 11.3 Å². The minimum Gasteiger partial charge on any atom is -0.381 e. The number of benzene rings is 1. The molecular weight excluding hydrogens is 218 g/mol. The molecule has 0 aliphatic carbocycles. The van der Waals surface area contributed by atoms with Crippen molar-refractivity contribution in [3.05, 3.63) is 23.7 Å². The number of piperidine rings is 1. The molecule has 1 aliphatic heterocycles. The van der Waals surface area contributed by atoms with Gasteiger partial charge in [-0.3, -0.25) is 0 Å². The quantitative estimate of drug-likeness (QED) is 0.836. The molecule has 0 atom stereocenters. The van der Waals surface area contributed by atoms with Crippen molar-refractivity contribution >= 4 is 27.2 Å². The number of hydrogen-bond acceptors (Lipinski definition) is 4. The minimum absolute atomic E-state index is 0.606. The zero-order chi connectivity index (χ0) is 10.8. The molecule has 0 radical (unpaired) electrons. The van der Waals surface area contributed by atoms with Crippen LogP contribution in [0.2, 0.25) is 0 Å². The highest BCUT2D eigenvalue weighted by Crippen LogP contribution is 2.27. The number of aromatic nitrogens is 1. The molecule has 0 saturated carbocycles. The van der Waals surface area contributed by atoms with Gasteiger partial charge in [0.15, 0.2) is 0 Å². The predicted octanol–water partition coefficient (Wildman–Crippen LogP) is 2.46. The molecule has 0 spiro atoms. The summed E-state index contributed by atoms with van der Waals surface area (Å²) in [6.45, 7) is 2.24. The summed E-state index contributed by atoms with van der Waals surface area (Å²) in [6.07, 6.45) is 2.41. The van der Waals surface area contributed by atoms with E-state index >= 15 is 0 Å². The molecule has 4 heteroatoms. The molecule has 0 amide bonds. The summed E-state index contributed by atoms with van der Waals surface area (Å²) in [7, 11) is 0. The zero-order valence-corrected chi connectivity index (χ0v) is 9.89. The van der Waals surface area contributed by atoms with E-state index in [1.807, 2.05) is 5.51 Å². The van der Waals surface area contributed by atoms with E-state index in [1.165, 1.54) is 23.2 Å². The van der Waals surface area contributed by atoms with Crippen molar-refractivity contribution in [2.24, 2.45) is 0 Å². The lowest BCUT2D eigenvalue weighted by atomic mass is 10.1. The SMILES string of the molecule is c1cc(NC2CCNCC2)c2scnc2c1. The summed E-state index contributed by atoms with van der Waals surface area (Å²) in [5.41, 5.74) is 4.26. The van der Waals surface area contributed by atoms with Gasteiger partial charge in [-0.1, -0.05) is 6.07 Å². The maximum absolute atomic E-state index is 4.34. The number of fused-ring (bicyclic) bond motifs is 1. The summed E-state index contributed by atoms with van der Waals surface area (Å²) in [5, 5.41) is 7.02. The fourth-order valence-electron chi connectivity index (χ4n) is 2.19. The number of nitrogens with one attached hydrogen (secondary N) is 2. The highest BCUT2D eigenvalue weighted by atomic mass is 32.1. The first-order valence-electron chi connectivity index (χ1n) is 5.73. The van der Waals surface area contributed by atoms with Crippen molar-refractivity contribution in [3.8, 4) is 0 Å². The van der Waals surface area contributed by atoms with Gasteiger partial charge >= 0.3 is 0 Å². The molecule has 84 valence electrons. The van der Waals surface area contributed by atoms with Crippen molar-refractivity contribution in [1.29, 1.82) is 0 Å². The molecule has 1 aromatic carbocycles. The van der Waals surface area contributed by atoms with Crippen LogP contribution < -0.4 is 10.6 Å². The van der Waals surface area contributed by atoms with Gasteiger partial charge in [0.05, 0.1) is 21.4 Å². The summed E-state index contributed by atoms with van der Waals surface area (Å²) >= 11 is 1.71. The molecule has 2 N–H and O–H groups in total. The Hall–Kier alpha value is -1.13. The largest absolute Gasteiger partial charge is 0.381 e. The maximum Gasteiger partial charge on any atom is 0.0833 e. The Morgan fingerprint density at radius 3 is 3.06 bits per heavy atom. The van der Waals surface area contributed by atoms with E-state index in [2.05, 4.69) is 33.8 Å². The van der Waals surface area contributed by atoms with E-state index in [4.69, 9.17) is 0 Å². The average Bonchev–Trinajstić information content (AvgIpc) is 2.80. The van der Waals surface area contributed by atoms with Crippen LogP contribution in [0.25, 0.3) is 10.2 Å². The van der Waals surface area contributed by atoms with Gasteiger partial charge in [0.25, 0.3) is 0 Å². The standard InChI is InChI=1S/C12H15N3S/c1-2-10-12(16-8-14-10)11(3-1)15-9-4-6-13-7-5-9/h1-3,8-9,13,15H,4-7H2. The number of nitrogens with zero attached hydrogens (tertiary/aromatic N) is 1. The number of rotatable bonds is 2. The van der Waals surface area contributed by atoms with Gasteiger partial charge < -0.3 is 10.6 Å². The third kappa shape index (κ3) is 1.90. The second-order valence-corrected chi connectivity index (χ2v) is 5.03. The average molecular weight is 233 g/mol. The third-order valence-corrected chi connectivity index (χ3v) is 3.93. The van der Waals surface area contributed by atoms with Gasteiger partial charge in [-0.2, -0.15) is 0 Å². The van der Waals surface area contributed by atoms with Crippen molar-refractivity contribution in [2.45, 2.75) is 18.9 Å². The predicted molar refractivity (Wildman–Crippen MR) is 69.1 cm³/mol. The Morgan fingerprint density at radius 1 is 1.31 bits per heavy atom. The highest BCUT2D eigenvalue weighted by molar-refractivity contribution is 7.17. The molecule has 16 heavy (non-hydrogen) atoms. The van der Waals surface area contributed by atoms with Crippen molar-refractivity contribution < 1.29 is 0 Å². The Bertz CT molecular complexity index is 474. The normalized spacial score (nSPS) is 17.8. The van der Waals surface area contributed by atoms with Crippen molar-refractivity contribution in [3.63, 3.8) is 0 Å². The monoisotopic (exact) mass is 233 g/mol. The molecular formula is C12H15N3S. The molecule has 1 aliphatic rings. The van der Waals surface area contributed by atoms with Gasteiger partial charge in [-0.25, -0.2) is 4.98 Å². The summed E-state index contributed by atoms with van der Waals surface area (Å²) in [4.78, 5) is 4.34. The van der Waals surface area contributed by atoms with E-state index in [0.29, 0.717) is 6.04 Å². The van der Waals surface area contributed by atoms with Crippen LogP contribution in [0.15, 0.2) is 23.7 Å². The number of hydrogen-bond donors (Lipinski definition) is 2. The van der Waals surface area contributed by atoms with Gasteiger partial charge in [0.1, 0.15) is 0 Å². The van der Waals surface area contributed by atoms with Crippen LogP contribution in [0.4, 0.5) is 5.69 Å². The second kappa shape index (κ2) is 4.39.